The van der Waals surface area contributed by atoms with Crippen LogP contribution in [0, 0.1) is 6.92 Å². The first-order chi connectivity index (χ1) is 8.29. The van der Waals surface area contributed by atoms with Crippen LogP contribution in [0.2, 0.25) is 0 Å². The number of aryl methyl sites for hydroxylation is 1. The van der Waals surface area contributed by atoms with Crippen molar-refractivity contribution < 1.29 is 4.79 Å². The molecule has 1 aliphatic rings. The van der Waals surface area contributed by atoms with Gasteiger partial charge in [-0.05, 0) is 30.2 Å². The molecule has 1 heterocycles. The van der Waals surface area contributed by atoms with E-state index in [0.29, 0.717) is 6.41 Å². The maximum absolute atomic E-state index is 10.4. The monoisotopic (exact) mass is 233 g/mol. The van der Waals surface area contributed by atoms with Crippen LogP contribution in [0.3, 0.4) is 0 Å². The Morgan fingerprint density at radius 3 is 2.82 bits per heavy atom. The predicted molar refractivity (Wildman–Crippen MR) is 69.0 cm³/mol. The van der Waals surface area contributed by atoms with E-state index in [1.807, 2.05) is 12.1 Å². The number of anilines is 1. The molecule has 2 rings (SSSR count). The van der Waals surface area contributed by atoms with Crippen LogP contribution in [0.25, 0.3) is 0 Å². The van der Waals surface area contributed by atoms with Gasteiger partial charge in [0, 0.05) is 38.4 Å². The van der Waals surface area contributed by atoms with Crippen molar-refractivity contribution >= 4 is 12.1 Å². The number of hydrogen-bond donors (Lipinski definition) is 2. The third-order valence-electron chi connectivity index (χ3n) is 3.17. The number of rotatable bonds is 4. The van der Waals surface area contributed by atoms with E-state index in [1.54, 1.807) is 0 Å². The Bertz CT molecular complexity index is 386. The zero-order valence-corrected chi connectivity index (χ0v) is 10.2. The van der Waals surface area contributed by atoms with Crippen LogP contribution < -0.4 is 10.6 Å². The molecule has 1 saturated heterocycles. The van der Waals surface area contributed by atoms with Gasteiger partial charge in [-0.2, -0.15) is 0 Å². The summed E-state index contributed by atoms with van der Waals surface area (Å²) < 4.78 is 0. The van der Waals surface area contributed by atoms with Crippen LogP contribution in [-0.2, 0) is 11.3 Å². The number of benzene rings is 1. The van der Waals surface area contributed by atoms with Crippen molar-refractivity contribution in [1.29, 1.82) is 0 Å². The molecule has 0 saturated carbocycles. The van der Waals surface area contributed by atoms with Crippen LogP contribution in [0.15, 0.2) is 18.2 Å². The van der Waals surface area contributed by atoms with E-state index in [9.17, 15) is 4.79 Å². The maximum Gasteiger partial charge on any atom is 0.211 e. The van der Waals surface area contributed by atoms with Crippen LogP contribution in [0.1, 0.15) is 11.1 Å². The van der Waals surface area contributed by atoms with Crippen molar-refractivity contribution in [2.24, 2.45) is 0 Å². The molecule has 4 nitrogen and oxygen atoms in total. The number of carbonyl (C=O) groups is 1. The minimum absolute atomic E-state index is 0.713. The van der Waals surface area contributed by atoms with Crippen LogP contribution in [-0.4, -0.2) is 37.5 Å². The molecule has 0 unspecified atom stereocenters. The van der Waals surface area contributed by atoms with Gasteiger partial charge in [-0.25, -0.2) is 0 Å². The highest BCUT2D eigenvalue weighted by molar-refractivity contribution is 5.71. The van der Waals surface area contributed by atoms with Gasteiger partial charge in [0.25, 0.3) is 0 Å². The zero-order chi connectivity index (χ0) is 12.1. The summed E-state index contributed by atoms with van der Waals surface area (Å²) in [6.07, 6.45) is 0.713. The van der Waals surface area contributed by atoms with Gasteiger partial charge in [0.2, 0.25) is 6.41 Å². The van der Waals surface area contributed by atoms with Crippen molar-refractivity contribution in [3.8, 4) is 0 Å². The van der Waals surface area contributed by atoms with Crippen LogP contribution in [0.4, 0.5) is 5.69 Å². The molecule has 0 atom stereocenters. The van der Waals surface area contributed by atoms with Crippen molar-refractivity contribution in [3.05, 3.63) is 29.3 Å². The Labute approximate surface area is 102 Å². The third-order valence-corrected chi connectivity index (χ3v) is 3.17. The predicted octanol–water partition coefficient (Wildman–Crippen LogP) is 0.969. The van der Waals surface area contributed by atoms with Gasteiger partial charge in [0.15, 0.2) is 0 Å². The molecular formula is C13H19N3O. The fourth-order valence-electron chi connectivity index (χ4n) is 2.14. The van der Waals surface area contributed by atoms with Crippen molar-refractivity contribution in [1.82, 2.24) is 10.2 Å². The van der Waals surface area contributed by atoms with Gasteiger partial charge in [-0.15, -0.1) is 0 Å². The number of amides is 1. The first kappa shape index (κ1) is 12.1. The highest BCUT2D eigenvalue weighted by atomic mass is 16.1. The summed E-state index contributed by atoms with van der Waals surface area (Å²) in [7, 11) is 0. The molecule has 0 spiro atoms. The first-order valence-electron chi connectivity index (χ1n) is 6.02. The second-order valence-electron chi connectivity index (χ2n) is 4.43. The van der Waals surface area contributed by atoms with Gasteiger partial charge < -0.3 is 10.6 Å². The lowest BCUT2D eigenvalue weighted by atomic mass is 10.1. The summed E-state index contributed by atoms with van der Waals surface area (Å²) in [6, 6.07) is 6.08. The van der Waals surface area contributed by atoms with Gasteiger partial charge in [0.05, 0.1) is 0 Å². The van der Waals surface area contributed by atoms with Gasteiger partial charge in [-0.3, -0.25) is 9.69 Å². The van der Waals surface area contributed by atoms with E-state index < -0.39 is 0 Å². The topological polar surface area (TPSA) is 44.4 Å². The second-order valence-corrected chi connectivity index (χ2v) is 4.43. The normalized spacial score (nSPS) is 16.8. The van der Waals surface area contributed by atoms with Crippen molar-refractivity contribution in [2.45, 2.75) is 13.5 Å². The summed E-state index contributed by atoms with van der Waals surface area (Å²) in [6.45, 7) is 7.44. The van der Waals surface area contributed by atoms with Crippen LogP contribution >= 0.6 is 0 Å². The maximum atomic E-state index is 10.4. The lowest BCUT2D eigenvalue weighted by Crippen LogP contribution is -2.42. The summed E-state index contributed by atoms with van der Waals surface area (Å²) in [5.74, 6) is 0. The van der Waals surface area contributed by atoms with Gasteiger partial charge >= 0.3 is 0 Å². The number of piperazine rings is 1. The Morgan fingerprint density at radius 1 is 1.41 bits per heavy atom. The van der Waals surface area contributed by atoms with Crippen LogP contribution in [0.5, 0.6) is 0 Å². The standard InChI is InChI=1S/C13H19N3O/c1-11-8-13(15-10-17)3-2-12(11)9-16-6-4-14-5-7-16/h2-3,8,10,14H,4-7,9H2,1H3,(H,15,17). The Kier molecular flexibility index (Phi) is 4.12. The fraction of sp³-hybridized carbons (Fsp3) is 0.462. The van der Waals surface area contributed by atoms with Gasteiger partial charge in [0.1, 0.15) is 0 Å². The number of nitrogens with zero attached hydrogens (tertiary/aromatic N) is 1. The van der Waals surface area contributed by atoms with E-state index in [2.05, 4.69) is 28.5 Å². The molecule has 1 aromatic carbocycles. The van der Waals surface area contributed by atoms with E-state index in [0.717, 1.165) is 38.4 Å². The lowest BCUT2D eigenvalue weighted by Gasteiger charge is -2.27. The average Bonchev–Trinajstić information content (AvgIpc) is 2.34. The molecule has 17 heavy (non-hydrogen) atoms. The minimum atomic E-state index is 0.713. The highest BCUT2D eigenvalue weighted by Gasteiger charge is 2.11. The molecule has 92 valence electrons. The van der Waals surface area contributed by atoms with Crippen molar-refractivity contribution in [2.75, 3.05) is 31.5 Å². The molecule has 1 aromatic rings. The minimum Gasteiger partial charge on any atom is -0.329 e. The molecule has 0 aliphatic carbocycles. The summed E-state index contributed by atoms with van der Waals surface area (Å²) in [5.41, 5.74) is 3.43. The highest BCUT2D eigenvalue weighted by Crippen LogP contribution is 2.16. The molecule has 1 fully saturated rings. The number of carbonyl (C=O) groups excluding carboxylic acids is 1. The van der Waals surface area contributed by atoms with Gasteiger partial charge in [-0.1, -0.05) is 6.07 Å². The van der Waals surface area contributed by atoms with Crippen molar-refractivity contribution in [3.63, 3.8) is 0 Å². The van der Waals surface area contributed by atoms with E-state index >= 15 is 0 Å². The summed E-state index contributed by atoms with van der Waals surface area (Å²) >= 11 is 0. The Balaban J connectivity index is 2.02. The van der Waals surface area contributed by atoms with E-state index in [4.69, 9.17) is 0 Å². The molecule has 0 bridgehead atoms. The molecule has 1 amide bonds. The average molecular weight is 233 g/mol. The van der Waals surface area contributed by atoms with E-state index in [-0.39, 0.29) is 0 Å². The summed E-state index contributed by atoms with van der Waals surface area (Å²) in [4.78, 5) is 12.8. The number of nitrogens with one attached hydrogen (secondary N) is 2. The Hall–Kier alpha value is -1.39. The number of hydrogen-bond acceptors (Lipinski definition) is 3. The lowest BCUT2D eigenvalue weighted by molar-refractivity contribution is -0.105. The van der Waals surface area contributed by atoms with E-state index in [1.165, 1.54) is 11.1 Å². The summed E-state index contributed by atoms with van der Waals surface area (Å²) in [5, 5.41) is 6.03. The zero-order valence-electron chi connectivity index (χ0n) is 10.2. The molecular weight excluding hydrogens is 214 g/mol. The third kappa shape index (κ3) is 3.28. The molecule has 0 aromatic heterocycles. The Morgan fingerprint density at radius 2 is 2.18 bits per heavy atom. The quantitative estimate of drug-likeness (QED) is 0.762. The first-order valence-corrected chi connectivity index (χ1v) is 6.02. The molecule has 1 aliphatic heterocycles. The molecule has 0 radical (unpaired) electrons. The fourth-order valence-corrected chi connectivity index (χ4v) is 2.14. The SMILES string of the molecule is Cc1cc(NC=O)ccc1CN1CCNCC1. The largest absolute Gasteiger partial charge is 0.329 e. The molecule has 2 N–H and O–H groups in total. The second kappa shape index (κ2) is 5.80. The molecule has 4 heteroatoms. The smallest absolute Gasteiger partial charge is 0.211 e.